The standard InChI is InChI=1S/C25H26N2O5/c1-3-13-32-22-10-8-18(15-23(22)30-2)9-11-24(28)27-21-7-5-4-6-20(21)25(29)26-16-19-12-14-31-17-19/h1,4-11,15,19H,12-14,16-17H2,2H3,(H,26,29)(H,27,28)/b11-9+. The first-order valence-corrected chi connectivity index (χ1v) is 10.3. The second-order valence-corrected chi connectivity index (χ2v) is 7.21. The monoisotopic (exact) mass is 434 g/mol. The number of terminal acetylenes is 1. The van der Waals surface area contributed by atoms with Crippen molar-refractivity contribution in [1.29, 1.82) is 0 Å². The van der Waals surface area contributed by atoms with Crippen LogP contribution in [-0.2, 0) is 9.53 Å². The number of hydrogen-bond acceptors (Lipinski definition) is 5. The quantitative estimate of drug-likeness (QED) is 0.468. The van der Waals surface area contributed by atoms with Gasteiger partial charge in [0.25, 0.3) is 5.91 Å². The molecule has 1 atom stereocenters. The van der Waals surface area contributed by atoms with Crippen LogP contribution in [0.3, 0.4) is 0 Å². The Hall–Kier alpha value is -3.76. The summed E-state index contributed by atoms with van der Waals surface area (Å²) in [7, 11) is 1.53. The summed E-state index contributed by atoms with van der Waals surface area (Å²) in [6.45, 7) is 2.07. The molecule has 7 nitrogen and oxygen atoms in total. The van der Waals surface area contributed by atoms with Crippen LogP contribution < -0.4 is 20.1 Å². The van der Waals surface area contributed by atoms with E-state index in [9.17, 15) is 9.59 Å². The molecule has 1 saturated heterocycles. The topological polar surface area (TPSA) is 85.9 Å². The summed E-state index contributed by atoms with van der Waals surface area (Å²) in [5, 5.41) is 5.69. The number of ether oxygens (including phenoxy) is 3. The predicted molar refractivity (Wildman–Crippen MR) is 123 cm³/mol. The highest BCUT2D eigenvalue weighted by Gasteiger charge is 2.18. The fourth-order valence-electron chi connectivity index (χ4n) is 3.24. The van der Waals surface area contributed by atoms with Crippen molar-refractivity contribution in [1.82, 2.24) is 5.32 Å². The molecule has 1 unspecified atom stereocenters. The van der Waals surface area contributed by atoms with Crippen molar-refractivity contribution < 1.29 is 23.8 Å². The SMILES string of the molecule is C#CCOc1ccc(/C=C/C(=O)Nc2ccccc2C(=O)NCC2CCOC2)cc1OC. The summed E-state index contributed by atoms with van der Waals surface area (Å²) in [6.07, 6.45) is 9.19. The van der Waals surface area contributed by atoms with Crippen molar-refractivity contribution in [2.45, 2.75) is 6.42 Å². The lowest BCUT2D eigenvalue weighted by molar-refractivity contribution is -0.111. The lowest BCUT2D eigenvalue weighted by Gasteiger charge is -2.12. The zero-order valence-corrected chi connectivity index (χ0v) is 17.9. The van der Waals surface area contributed by atoms with Gasteiger partial charge in [0.15, 0.2) is 11.5 Å². The number of benzene rings is 2. The molecule has 0 spiro atoms. The first-order valence-electron chi connectivity index (χ1n) is 10.3. The van der Waals surface area contributed by atoms with Crippen molar-refractivity contribution in [3.8, 4) is 23.8 Å². The Morgan fingerprint density at radius 1 is 1.25 bits per heavy atom. The molecule has 166 valence electrons. The molecule has 0 saturated carbocycles. The van der Waals surface area contributed by atoms with E-state index in [1.165, 1.54) is 13.2 Å². The number of rotatable bonds is 9. The molecule has 3 rings (SSSR count). The van der Waals surface area contributed by atoms with Crippen LogP contribution in [-0.4, -0.2) is 45.3 Å². The van der Waals surface area contributed by atoms with Gasteiger partial charge in [-0.25, -0.2) is 0 Å². The lowest BCUT2D eigenvalue weighted by atomic mass is 10.1. The Balaban J connectivity index is 1.63. The molecule has 0 aliphatic carbocycles. The van der Waals surface area contributed by atoms with Crippen molar-refractivity contribution in [3.05, 3.63) is 59.7 Å². The smallest absolute Gasteiger partial charge is 0.253 e. The molecule has 2 N–H and O–H groups in total. The molecule has 1 aliphatic heterocycles. The van der Waals surface area contributed by atoms with Gasteiger partial charge in [-0.15, -0.1) is 6.42 Å². The van der Waals surface area contributed by atoms with E-state index < -0.39 is 0 Å². The second kappa shape index (κ2) is 11.6. The van der Waals surface area contributed by atoms with Crippen LogP contribution >= 0.6 is 0 Å². The van der Waals surface area contributed by atoms with Gasteiger partial charge >= 0.3 is 0 Å². The maximum atomic E-state index is 12.6. The minimum atomic E-state index is -0.360. The Bertz CT molecular complexity index is 1020. The van der Waals surface area contributed by atoms with Crippen molar-refractivity contribution in [2.75, 3.05) is 38.8 Å². The molecule has 0 bridgehead atoms. The molecule has 2 amide bonds. The number of carbonyl (C=O) groups is 2. The third kappa shape index (κ3) is 6.37. The minimum absolute atomic E-state index is 0.134. The van der Waals surface area contributed by atoms with E-state index in [1.807, 2.05) is 0 Å². The van der Waals surface area contributed by atoms with E-state index in [1.54, 1.807) is 48.5 Å². The zero-order valence-electron chi connectivity index (χ0n) is 17.9. The second-order valence-electron chi connectivity index (χ2n) is 7.21. The number of anilines is 1. The van der Waals surface area contributed by atoms with Gasteiger partial charge in [0.05, 0.1) is 25.0 Å². The molecule has 7 heteroatoms. The van der Waals surface area contributed by atoms with Crippen LogP contribution in [0.2, 0.25) is 0 Å². The molecular formula is C25H26N2O5. The fourth-order valence-corrected chi connectivity index (χ4v) is 3.24. The molecule has 0 radical (unpaired) electrons. The van der Waals surface area contributed by atoms with E-state index in [0.717, 1.165) is 18.6 Å². The predicted octanol–water partition coefficient (Wildman–Crippen LogP) is 3.13. The highest BCUT2D eigenvalue weighted by Crippen LogP contribution is 2.28. The molecule has 1 heterocycles. The number of hydrogen-bond donors (Lipinski definition) is 2. The molecule has 2 aromatic rings. The van der Waals surface area contributed by atoms with E-state index in [0.29, 0.717) is 41.8 Å². The van der Waals surface area contributed by atoms with Crippen LogP contribution in [0.4, 0.5) is 5.69 Å². The number of methoxy groups -OCH3 is 1. The summed E-state index contributed by atoms with van der Waals surface area (Å²) < 4.78 is 16.1. The molecule has 2 aromatic carbocycles. The Morgan fingerprint density at radius 2 is 2.09 bits per heavy atom. The van der Waals surface area contributed by atoms with Gasteiger partial charge in [0.1, 0.15) is 6.61 Å². The van der Waals surface area contributed by atoms with E-state index in [2.05, 4.69) is 16.6 Å². The average molecular weight is 434 g/mol. The molecular weight excluding hydrogens is 408 g/mol. The highest BCUT2D eigenvalue weighted by molar-refractivity contribution is 6.07. The third-order valence-corrected chi connectivity index (χ3v) is 4.93. The van der Waals surface area contributed by atoms with Gasteiger partial charge in [-0.05, 0) is 42.3 Å². The van der Waals surface area contributed by atoms with Crippen LogP contribution in [0.15, 0.2) is 48.5 Å². The fraction of sp³-hybridized carbons (Fsp3) is 0.280. The van der Waals surface area contributed by atoms with E-state index >= 15 is 0 Å². The maximum Gasteiger partial charge on any atom is 0.253 e. The van der Waals surface area contributed by atoms with Gasteiger partial charge < -0.3 is 24.8 Å². The van der Waals surface area contributed by atoms with Gasteiger partial charge in [-0.1, -0.05) is 24.1 Å². The third-order valence-electron chi connectivity index (χ3n) is 4.93. The van der Waals surface area contributed by atoms with Gasteiger partial charge in [0.2, 0.25) is 5.91 Å². The maximum absolute atomic E-state index is 12.6. The summed E-state index contributed by atoms with van der Waals surface area (Å²) in [4.78, 5) is 25.1. The Kier molecular flexibility index (Phi) is 8.29. The zero-order chi connectivity index (χ0) is 22.8. The lowest BCUT2D eigenvalue weighted by Crippen LogP contribution is -2.30. The summed E-state index contributed by atoms with van der Waals surface area (Å²) in [5.74, 6) is 3.17. The van der Waals surface area contributed by atoms with E-state index in [-0.39, 0.29) is 18.4 Å². The largest absolute Gasteiger partial charge is 0.493 e. The van der Waals surface area contributed by atoms with Crippen molar-refractivity contribution in [3.63, 3.8) is 0 Å². The Morgan fingerprint density at radius 3 is 2.84 bits per heavy atom. The first kappa shape index (κ1) is 22.9. The minimum Gasteiger partial charge on any atom is -0.493 e. The summed E-state index contributed by atoms with van der Waals surface area (Å²) in [6, 6.07) is 12.1. The number of para-hydroxylation sites is 1. The van der Waals surface area contributed by atoms with Gasteiger partial charge in [0, 0.05) is 25.1 Å². The number of carbonyl (C=O) groups excluding carboxylic acids is 2. The Labute approximate surface area is 187 Å². The molecule has 1 aliphatic rings. The number of amides is 2. The number of nitrogens with one attached hydrogen (secondary N) is 2. The summed E-state index contributed by atoms with van der Waals surface area (Å²) in [5.41, 5.74) is 1.60. The van der Waals surface area contributed by atoms with Crippen molar-refractivity contribution >= 4 is 23.6 Å². The molecule has 1 fully saturated rings. The van der Waals surface area contributed by atoms with Crippen LogP contribution in [0.1, 0.15) is 22.3 Å². The molecule has 0 aromatic heterocycles. The summed E-state index contributed by atoms with van der Waals surface area (Å²) >= 11 is 0. The van der Waals surface area contributed by atoms with Crippen LogP contribution in [0.5, 0.6) is 11.5 Å². The normalized spacial score (nSPS) is 15.2. The average Bonchev–Trinajstić information content (AvgIpc) is 3.34. The van der Waals surface area contributed by atoms with Crippen molar-refractivity contribution in [2.24, 2.45) is 5.92 Å². The van der Waals surface area contributed by atoms with Crippen LogP contribution in [0.25, 0.3) is 6.08 Å². The van der Waals surface area contributed by atoms with Gasteiger partial charge in [-0.3, -0.25) is 9.59 Å². The van der Waals surface area contributed by atoms with Crippen LogP contribution in [0, 0.1) is 18.3 Å². The molecule has 32 heavy (non-hydrogen) atoms. The van der Waals surface area contributed by atoms with E-state index in [4.69, 9.17) is 20.6 Å². The highest BCUT2D eigenvalue weighted by atomic mass is 16.5. The van der Waals surface area contributed by atoms with Gasteiger partial charge in [-0.2, -0.15) is 0 Å². The first-order chi connectivity index (χ1) is 15.6.